The van der Waals surface area contributed by atoms with Crippen LogP contribution in [0.1, 0.15) is 0 Å². The van der Waals surface area contributed by atoms with Gasteiger partial charge in [-0.3, -0.25) is 4.40 Å². The quantitative estimate of drug-likeness (QED) is 0.612. The van der Waals surface area contributed by atoms with Gasteiger partial charge in [-0.25, -0.2) is 15.0 Å². The van der Waals surface area contributed by atoms with E-state index in [9.17, 15) is 0 Å². The number of nitrogens with zero attached hydrogens (tertiary/aromatic N) is 4. The first-order valence-corrected chi connectivity index (χ1v) is 4.87. The molecule has 3 heterocycles. The molecule has 0 aliphatic rings. The molecule has 3 aromatic heterocycles. The molecule has 3 aromatic rings. The Bertz CT molecular complexity index is 616. The lowest BCUT2D eigenvalue weighted by atomic mass is 10.4. The molecule has 0 aliphatic carbocycles. The molecule has 0 radical (unpaired) electrons. The van der Waals surface area contributed by atoms with Gasteiger partial charge in [0.15, 0.2) is 5.65 Å². The molecule has 0 saturated carbocycles. The van der Waals surface area contributed by atoms with E-state index >= 15 is 0 Å². The Kier molecular flexibility index (Phi) is 1.55. The lowest BCUT2D eigenvalue weighted by Gasteiger charge is -2.00. The highest BCUT2D eigenvalue weighted by molar-refractivity contribution is 9.10. The van der Waals surface area contributed by atoms with Crippen molar-refractivity contribution in [3.8, 4) is 0 Å². The van der Waals surface area contributed by atoms with Crippen molar-refractivity contribution in [3.63, 3.8) is 0 Å². The Morgan fingerprint density at radius 3 is 3.07 bits per heavy atom. The summed E-state index contributed by atoms with van der Waals surface area (Å²) in [5.74, 6) is 0. The molecule has 68 valence electrons. The Morgan fingerprint density at radius 1 is 1.21 bits per heavy atom. The van der Waals surface area contributed by atoms with Crippen molar-refractivity contribution in [2.24, 2.45) is 0 Å². The first-order valence-electron chi connectivity index (χ1n) is 4.07. The summed E-state index contributed by atoms with van der Waals surface area (Å²) in [7, 11) is 0. The molecule has 0 fully saturated rings. The van der Waals surface area contributed by atoms with E-state index in [1.54, 1.807) is 24.9 Å². The van der Waals surface area contributed by atoms with E-state index in [-0.39, 0.29) is 0 Å². The average molecular weight is 249 g/mol. The standard InChI is InChI=1S/C9H5BrN4/c10-7-1-2-12-9-8(7)13-4-6-3-11-5-14(6)9/h1-5H. The summed E-state index contributed by atoms with van der Waals surface area (Å²) in [6, 6.07) is 1.87. The molecule has 0 spiro atoms. The molecule has 0 atom stereocenters. The van der Waals surface area contributed by atoms with Gasteiger partial charge in [0.25, 0.3) is 0 Å². The van der Waals surface area contributed by atoms with Gasteiger partial charge in [0.2, 0.25) is 0 Å². The van der Waals surface area contributed by atoms with E-state index < -0.39 is 0 Å². The van der Waals surface area contributed by atoms with Crippen molar-refractivity contribution in [1.29, 1.82) is 0 Å². The smallest absolute Gasteiger partial charge is 0.165 e. The van der Waals surface area contributed by atoms with E-state index in [2.05, 4.69) is 30.9 Å². The van der Waals surface area contributed by atoms with Crippen LogP contribution in [0.4, 0.5) is 0 Å². The Hall–Kier alpha value is -1.49. The van der Waals surface area contributed by atoms with E-state index in [1.165, 1.54) is 0 Å². The van der Waals surface area contributed by atoms with Gasteiger partial charge in [-0.05, 0) is 22.0 Å². The number of hydrogen-bond donors (Lipinski definition) is 0. The second kappa shape index (κ2) is 2.75. The van der Waals surface area contributed by atoms with Gasteiger partial charge in [0, 0.05) is 10.7 Å². The summed E-state index contributed by atoms with van der Waals surface area (Å²) in [6.07, 6.45) is 7.02. The zero-order valence-electron chi connectivity index (χ0n) is 7.05. The van der Waals surface area contributed by atoms with Crippen molar-refractivity contribution in [3.05, 3.63) is 35.5 Å². The van der Waals surface area contributed by atoms with Crippen molar-refractivity contribution in [1.82, 2.24) is 19.4 Å². The summed E-state index contributed by atoms with van der Waals surface area (Å²) in [5, 5.41) is 0. The molecule has 5 heteroatoms. The minimum absolute atomic E-state index is 0.814. The maximum Gasteiger partial charge on any atom is 0.165 e. The van der Waals surface area contributed by atoms with E-state index in [0.29, 0.717) is 0 Å². The number of halogens is 1. The van der Waals surface area contributed by atoms with Gasteiger partial charge in [-0.2, -0.15) is 0 Å². The van der Waals surface area contributed by atoms with Crippen LogP contribution in [0.3, 0.4) is 0 Å². The highest BCUT2D eigenvalue weighted by atomic mass is 79.9. The van der Waals surface area contributed by atoms with Crippen LogP contribution in [-0.2, 0) is 0 Å². The summed E-state index contributed by atoms with van der Waals surface area (Å²) in [5.41, 5.74) is 2.61. The fourth-order valence-electron chi connectivity index (χ4n) is 1.42. The first-order chi connectivity index (χ1) is 6.86. The molecule has 0 bridgehead atoms. The minimum Gasteiger partial charge on any atom is -0.280 e. The van der Waals surface area contributed by atoms with E-state index in [0.717, 1.165) is 21.2 Å². The Morgan fingerprint density at radius 2 is 2.14 bits per heavy atom. The molecular weight excluding hydrogens is 244 g/mol. The first kappa shape index (κ1) is 7.87. The SMILES string of the molecule is Brc1ccnc2c1ncc1cncn12. The molecule has 0 amide bonds. The number of pyridine rings is 1. The third-order valence-corrected chi connectivity index (χ3v) is 2.72. The van der Waals surface area contributed by atoms with Crippen molar-refractivity contribution >= 4 is 32.6 Å². The highest BCUT2D eigenvalue weighted by Gasteiger charge is 2.04. The molecule has 0 unspecified atom stereocenters. The van der Waals surface area contributed by atoms with Crippen molar-refractivity contribution < 1.29 is 0 Å². The molecule has 0 aliphatic heterocycles. The van der Waals surface area contributed by atoms with Gasteiger partial charge in [-0.15, -0.1) is 0 Å². The van der Waals surface area contributed by atoms with Crippen LogP contribution in [0, 0.1) is 0 Å². The predicted octanol–water partition coefficient (Wildman–Crippen LogP) is 2.04. The third-order valence-electron chi connectivity index (χ3n) is 2.08. The Balaban J connectivity index is 2.64. The van der Waals surface area contributed by atoms with Crippen LogP contribution < -0.4 is 0 Å². The predicted molar refractivity (Wildman–Crippen MR) is 56.0 cm³/mol. The number of imidazole rings is 1. The third kappa shape index (κ3) is 0.957. The number of rotatable bonds is 0. The normalized spacial score (nSPS) is 11.2. The zero-order valence-corrected chi connectivity index (χ0v) is 8.64. The highest BCUT2D eigenvalue weighted by Crippen LogP contribution is 2.20. The fourth-order valence-corrected chi connectivity index (χ4v) is 1.82. The summed E-state index contributed by atoms with van der Waals surface area (Å²) >= 11 is 3.43. The molecule has 0 aromatic carbocycles. The van der Waals surface area contributed by atoms with Gasteiger partial charge in [0.05, 0.1) is 17.9 Å². The van der Waals surface area contributed by atoms with E-state index in [4.69, 9.17) is 0 Å². The van der Waals surface area contributed by atoms with Gasteiger partial charge >= 0.3 is 0 Å². The maximum absolute atomic E-state index is 4.31. The monoisotopic (exact) mass is 248 g/mol. The molecule has 14 heavy (non-hydrogen) atoms. The van der Waals surface area contributed by atoms with Crippen LogP contribution in [-0.4, -0.2) is 19.4 Å². The second-order valence-electron chi connectivity index (χ2n) is 2.91. The van der Waals surface area contributed by atoms with Crippen LogP contribution in [0.25, 0.3) is 16.7 Å². The van der Waals surface area contributed by atoms with Gasteiger partial charge in [0.1, 0.15) is 11.8 Å². The summed E-state index contributed by atoms with van der Waals surface area (Å²) in [6.45, 7) is 0. The van der Waals surface area contributed by atoms with Crippen LogP contribution in [0.2, 0.25) is 0 Å². The molecule has 4 nitrogen and oxygen atoms in total. The maximum atomic E-state index is 4.31. The van der Waals surface area contributed by atoms with Crippen LogP contribution >= 0.6 is 15.9 Å². The molecule has 0 saturated heterocycles. The fraction of sp³-hybridized carbons (Fsp3) is 0. The van der Waals surface area contributed by atoms with Crippen LogP contribution in [0.15, 0.2) is 35.5 Å². The minimum atomic E-state index is 0.814. The second-order valence-corrected chi connectivity index (χ2v) is 3.77. The lowest BCUT2D eigenvalue weighted by molar-refractivity contribution is 1.14. The summed E-state index contributed by atoms with van der Waals surface area (Å²) in [4.78, 5) is 12.6. The largest absolute Gasteiger partial charge is 0.280 e. The van der Waals surface area contributed by atoms with Gasteiger partial charge in [-0.1, -0.05) is 0 Å². The number of hydrogen-bond acceptors (Lipinski definition) is 3. The van der Waals surface area contributed by atoms with E-state index in [1.807, 2.05) is 10.5 Å². The lowest BCUT2D eigenvalue weighted by Crippen LogP contribution is -1.92. The average Bonchev–Trinajstić information content (AvgIpc) is 2.66. The number of fused-ring (bicyclic) bond motifs is 3. The number of aromatic nitrogens is 4. The van der Waals surface area contributed by atoms with Crippen molar-refractivity contribution in [2.75, 3.05) is 0 Å². The summed E-state index contributed by atoms with van der Waals surface area (Å²) < 4.78 is 2.85. The topological polar surface area (TPSA) is 43.1 Å². The van der Waals surface area contributed by atoms with Crippen molar-refractivity contribution in [2.45, 2.75) is 0 Å². The molecule has 3 rings (SSSR count). The molecular formula is C9H5BrN4. The zero-order chi connectivity index (χ0) is 9.54. The molecule has 0 N–H and O–H groups in total. The van der Waals surface area contributed by atoms with Gasteiger partial charge < -0.3 is 0 Å². The Labute approximate surface area is 87.8 Å². The van der Waals surface area contributed by atoms with Crippen LogP contribution in [0.5, 0.6) is 0 Å².